The summed E-state index contributed by atoms with van der Waals surface area (Å²) in [6, 6.07) is 3.62. The van der Waals surface area contributed by atoms with Gasteiger partial charge < -0.3 is 19.5 Å². The van der Waals surface area contributed by atoms with Gasteiger partial charge in [-0.15, -0.1) is 0 Å². The average Bonchev–Trinajstić information content (AvgIpc) is 3.34. The molecule has 0 amide bonds. The lowest BCUT2D eigenvalue weighted by molar-refractivity contribution is -0.142. The lowest BCUT2D eigenvalue weighted by Gasteiger charge is -2.34. The van der Waals surface area contributed by atoms with Crippen LogP contribution >= 0.6 is 0 Å². The monoisotopic (exact) mass is 474 g/mol. The van der Waals surface area contributed by atoms with Gasteiger partial charge in [0.05, 0.1) is 48.4 Å². The van der Waals surface area contributed by atoms with Crippen molar-refractivity contribution in [1.82, 2.24) is 24.3 Å². The normalized spacial score (nSPS) is 13.9. The number of pyridine rings is 2. The lowest BCUT2D eigenvalue weighted by Crippen LogP contribution is -2.37. The van der Waals surface area contributed by atoms with Gasteiger partial charge in [0.2, 0.25) is 5.88 Å². The molecule has 1 aliphatic rings. The minimum Gasteiger partial charge on any atom is -0.494 e. The molecule has 178 valence electrons. The van der Waals surface area contributed by atoms with Crippen LogP contribution in [0.3, 0.4) is 0 Å². The summed E-state index contributed by atoms with van der Waals surface area (Å²) in [5.41, 5.74) is 2.85. The Hall–Kier alpha value is -3.96. The van der Waals surface area contributed by atoms with Gasteiger partial charge in [-0.3, -0.25) is 9.25 Å². The van der Waals surface area contributed by atoms with Gasteiger partial charge in [-0.25, -0.2) is 9.97 Å². The molecule has 0 saturated carbocycles. The third kappa shape index (κ3) is 3.84. The van der Waals surface area contributed by atoms with E-state index in [4.69, 9.17) is 14.5 Å². The Morgan fingerprint density at radius 3 is 2.53 bits per heavy atom. The number of ether oxygens (including phenoxy) is 2. The van der Waals surface area contributed by atoms with Gasteiger partial charge in [0.1, 0.15) is 6.54 Å². The van der Waals surface area contributed by atoms with Crippen LogP contribution in [0.2, 0.25) is 0 Å². The van der Waals surface area contributed by atoms with E-state index in [0.29, 0.717) is 39.5 Å². The third-order valence-electron chi connectivity index (χ3n) is 5.69. The van der Waals surface area contributed by atoms with Gasteiger partial charge in [-0.2, -0.15) is 18.3 Å². The first kappa shape index (κ1) is 21.9. The van der Waals surface area contributed by atoms with Crippen LogP contribution in [0, 0.1) is 0 Å². The summed E-state index contributed by atoms with van der Waals surface area (Å²) >= 11 is 0. The number of fused-ring (bicyclic) bond motifs is 1. The predicted octanol–water partition coefficient (Wildman–Crippen LogP) is 3.78. The molecule has 1 aliphatic heterocycles. The van der Waals surface area contributed by atoms with Crippen LogP contribution in [0.15, 0.2) is 36.9 Å². The number of halogens is 3. The molecule has 1 fully saturated rings. The van der Waals surface area contributed by atoms with Gasteiger partial charge in [0.25, 0.3) is 5.88 Å². The molecular formula is C22H21F3N6O3. The first-order valence-electron chi connectivity index (χ1n) is 10.5. The van der Waals surface area contributed by atoms with Crippen molar-refractivity contribution in [1.29, 1.82) is 0 Å². The van der Waals surface area contributed by atoms with Crippen molar-refractivity contribution in [3.63, 3.8) is 0 Å². The number of methoxy groups -OCH3 is 2. The van der Waals surface area contributed by atoms with E-state index < -0.39 is 12.7 Å². The van der Waals surface area contributed by atoms with Crippen LogP contribution in [0.5, 0.6) is 17.5 Å². The quantitative estimate of drug-likeness (QED) is 0.455. The number of aromatic hydroxyl groups is 1. The summed E-state index contributed by atoms with van der Waals surface area (Å²) in [7, 11) is 3.02. The maximum absolute atomic E-state index is 12.7. The van der Waals surface area contributed by atoms with E-state index in [0.717, 1.165) is 29.9 Å². The molecule has 4 aromatic rings. The third-order valence-corrected chi connectivity index (χ3v) is 5.69. The number of aromatic nitrogens is 5. The van der Waals surface area contributed by atoms with E-state index in [1.165, 1.54) is 31.2 Å². The van der Waals surface area contributed by atoms with Crippen molar-refractivity contribution in [3.8, 4) is 34.5 Å². The molecule has 9 nitrogen and oxygen atoms in total. The van der Waals surface area contributed by atoms with E-state index >= 15 is 0 Å². The zero-order valence-corrected chi connectivity index (χ0v) is 18.4. The van der Waals surface area contributed by atoms with Gasteiger partial charge in [0, 0.05) is 37.2 Å². The highest BCUT2D eigenvalue weighted by Crippen LogP contribution is 2.41. The van der Waals surface area contributed by atoms with E-state index in [2.05, 4.69) is 15.0 Å². The molecule has 1 N–H and O–H groups in total. The first-order chi connectivity index (χ1) is 16.3. The summed E-state index contributed by atoms with van der Waals surface area (Å²) in [5.74, 6) is 0.674. The molecule has 12 heteroatoms. The van der Waals surface area contributed by atoms with E-state index in [9.17, 15) is 18.3 Å². The van der Waals surface area contributed by atoms with Crippen molar-refractivity contribution in [2.75, 3.05) is 32.2 Å². The maximum atomic E-state index is 12.7. The van der Waals surface area contributed by atoms with Crippen molar-refractivity contribution in [2.24, 2.45) is 0 Å². The Kier molecular flexibility index (Phi) is 5.22. The zero-order chi connectivity index (χ0) is 24.0. The highest BCUT2D eigenvalue weighted by Gasteiger charge is 2.29. The van der Waals surface area contributed by atoms with Gasteiger partial charge in [-0.1, -0.05) is 0 Å². The second kappa shape index (κ2) is 8.12. The number of anilines is 1. The molecule has 5 heterocycles. The van der Waals surface area contributed by atoms with Crippen LogP contribution in [0.25, 0.3) is 27.8 Å². The predicted molar refractivity (Wildman–Crippen MR) is 118 cm³/mol. The molecule has 0 aliphatic carbocycles. The molecule has 0 aromatic carbocycles. The smallest absolute Gasteiger partial charge is 0.408 e. The molecule has 0 bridgehead atoms. The Bertz CT molecular complexity index is 1360. The van der Waals surface area contributed by atoms with Crippen molar-refractivity contribution in [2.45, 2.75) is 19.1 Å². The zero-order valence-electron chi connectivity index (χ0n) is 18.4. The fourth-order valence-corrected chi connectivity index (χ4v) is 3.95. The molecule has 0 spiro atoms. The second-order valence-corrected chi connectivity index (χ2v) is 7.90. The van der Waals surface area contributed by atoms with E-state index in [-0.39, 0.29) is 5.88 Å². The molecule has 0 radical (unpaired) electrons. The van der Waals surface area contributed by atoms with Crippen molar-refractivity contribution >= 4 is 16.6 Å². The maximum Gasteiger partial charge on any atom is 0.408 e. The van der Waals surface area contributed by atoms with Crippen molar-refractivity contribution in [3.05, 3.63) is 36.9 Å². The minimum absolute atomic E-state index is 0.118. The lowest BCUT2D eigenvalue weighted by atomic mass is 10.1. The summed E-state index contributed by atoms with van der Waals surface area (Å²) in [6.45, 7) is 0.413. The topological polar surface area (TPSA) is 90.5 Å². The molecular weight excluding hydrogens is 453 g/mol. The number of nitrogens with zero attached hydrogens (tertiary/aromatic N) is 6. The van der Waals surface area contributed by atoms with Crippen LogP contribution in [-0.4, -0.2) is 62.9 Å². The summed E-state index contributed by atoms with van der Waals surface area (Å²) in [6.07, 6.45) is 2.32. The Labute approximate surface area is 192 Å². The van der Waals surface area contributed by atoms with Crippen molar-refractivity contribution < 1.29 is 27.8 Å². The van der Waals surface area contributed by atoms with Crippen LogP contribution < -0.4 is 14.4 Å². The standard InChI is InChI=1S/C22H21F3N6O3/c1-33-18-6-13(8-26-20(18)34-2)15-7-17(29-4-3-5-29)19-16(28-15)11-31(21(19)32)14-9-27-30(10-14)12-22(23,24)25/h6-11,32H,3-5,12H2,1-2H3. The van der Waals surface area contributed by atoms with Gasteiger partial charge in [-0.05, 0) is 18.6 Å². The number of alkyl halides is 3. The van der Waals surface area contributed by atoms with E-state index in [1.807, 2.05) is 6.07 Å². The number of hydrogen-bond acceptors (Lipinski definition) is 7. The summed E-state index contributed by atoms with van der Waals surface area (Å²) < 4.78 is 50.9. The molecule has 5 rings (SSSR count). The first-order valence-corrected chi connectivity index (χ1v) is 10.5. The largest absolute Gasteiger partial charge is 0.494 e. The SMILES string of the molecule is COc1cc(-c2cc(N3CCC3)c3c(O)n(-c4cnn(CC(F)(F)F)c4)cc3n2)cnc1OC. The number of rotatable bonds is 6. The van der Waals surface area contributed by atoms with Crippen LogP contribution in [-0.2, 0) is 6.54 Å². The molecule has 0 unspecified atom stereocenters. The Morgan fingerprint density at radius 1 is 1.09 bits per heavy atom. The average molecular weight is 474 g/mol. The fraction of sp³-hybridized carbons (Fsp3) is 0.318. The van der Waals surface area contributed by atoms with Crippen LogP contribution in [0.4, 0.5) is 18.9 Å². The number of hydrogen-bond donors (Lipinski definition) is 1. The highest BCUT2D eigenvalue weighted by molar-refractivity contribution is 5.99. The molecule has 34 heavy (non-hydrogen) atoms. The van der Waals surface area contributed by atoms with Gasteiger partial charge in [0.15, 0.2) is 5.75 Å². The fourth-order valence-electron chi connectivity index (χ4n) is 3.95. The summed E-state index contributed by atoms with van der Waals surface area (Å²) in [4.78, 5) is 11.1. The van der Waals surface area contributed by atoms with Gasteiger partial charge >= 0.3 is 6.18 Å². The summed E-state index contributed by atoms with van der Waals surface area (Å²) in [5, 5.41) is 15.3. The molecule has 1 saturated heterocycles. The Balaban J connectivity index is 1.63. The Morgan fingerprint density at radius 2 is 1.88 bits per heavy atom. The highest BCUT2D eigenvalue weighted by atomic mass is 19.4. The molecule has 4 aromatic heterocycles. The molecule has 0 atom stereocenters. The van der Waals surface area contributed by atoms with Crippen LogP contribution in [0.1, 0.15) is 6.42 Å². The minimum atomic E-state index is -4.40. The second-order valence-electron chi connectivity index (χ2n) is 7.90. The van der Waals surface area contributed by atoms with E-state index in [1.54, 1.807) is 18.5 Å².